The van der Waals surface area contributed by atoms with E-state index in [-0.39, 0.29) is 11.4 Å². The molecule has 0 heterocycles. The largest absolute Gasteiger partial charge is 0.350 e. The molecule has 0 bridgehead atoms. The Morgan fingerprint density at radius 3 is 2.38 bits per heavy atom. The molecule has 0 unspecified atom stereocenters. The smallest absolute Gasteiger partial charge is 0.264 e. The van der Waals surface area contributed by atoms with Gasteiger partial charge in [-0.3, -0.25) is 9.10 Å². The lowest BCUT2D eigenvalue weighted by Crippen LogP contribution is -2.41. The summed E-state index contributed by atoms with van der Waals surface area (Å²) in [7, 11) is -3.99. The van der Waals surface area contributed by atoms with Gasteiger partial charge < -0.3 is 5.32 Å². The first-order chi connectivity index (χ1) is 15.2. The van der Waals surface area contributed by atoms with Crippen molar-refractivity contribution in [1.29, 1.82) is 0 Å². The molecule has 8 heteroatoms. The Kier molecular flexibility index (Phi) is 7.87. The Morgan fingerprint density at radius 1 is 1.00 bits per heavy atom. The van der Waals surface area contributed by atoms with Crippen molar-refractivity contribution in [2.75, 3.05) is 17.1 Å². The minimum absolute atomic E-state index is 0.114. The Labute approximate surface area is 198 Å². The van der Waals surface area contributed by atoms with E-state index >= 15 is 0 Å². The van der Waals surface area contributed by atoms with Crippen molar-refractivity contribution >= 4 is 45.0 Å². The number of amides is 1. The second-order valence-electron chi connectivity index (χ2n) is 7.30. The summed E-state index contributed by atoms with van der Waals surface area (Å²) in [6, 6.07) is 19.3. The van der Waals surface area contributed by atoms with Crippen LogP contribution in [0.15, 0.2) is 76.5 Å². The number of anilines is 1. The molecule has 0 spiro atoms. The molecule has 0 aliphatic rings. The fourth-order valence-corrected chi connectivity index (χ4v) is 5.50. The summed E-state index contributed by atoms with van der Waals surface area (Å²) < 4.78 is 28.2. The van der Waals surface area contributed by atoms with Gasteiger partial charge in [0.05, 0.1) is 10.6 Å². The van der Waals surface area contributed by atoms with E-state index in [1.54, 1.807) is 61.2 Å². The van der Waals surface area contributed by atoms with Crippen LogP contribution in [0.4, 0.5) is 5.69 Å². The van der Waals surface area contributed by atoms with E-state index in [9.17, 15) is 13.2 Å². The maximum absolute atomic E-state index is 13.5. The molecule has 0 aliphatic heterocycles. The van der Waals surface area contributed by atoms with Gasteiger partial charge in [0.25, 0.3) is 10.0 Å². The highest BCUT2D eigenvalue weighted by atomic mass is 35.5. The van der Waals surface area contributed by atoms with Gasteiger partial charge in [-0.25, -0.2) is 8.42 Å². The van der Waals surface area contributed by atoms with Gasteiger partial charge in [-0.2, -0.15) is 0 Å². The molecule has 1 N–H and O–H groups in total. The summed E-state index contributed by atoms with van der Waals surface area (Å²) >= 11 is 7.85. The summed E-state index contributed by atoms with van der Waals surface area (Å²) in [5.74, 6) is -0.407. The highest BCUT2D eigenvalue weighted by Gasteiger charge is 2.28. The number of thioether (sulfide) groups is 1. The zero-order valence-electron chi connectivity index (χ0n) is 18.1. The van der Waals surface area contributed by atoms with Crippen LogP contribution in [0.5, 0.6) is 0 Å². The second-order valence-corrected chi connectivity index (χ2v) is 10.4. The van der Waals surface area contributed by atoms with Crippen LogP contribution in [0.2, 0.25) is 5.02 Å². The molecule has 1 amide bonds. The van der Waals surface area contributed by atoms with Gasteiger partial charge in [0.1, 0.15) is 6.54 Å². The number of halogens is 1. The molecule has 0 saturated carbocycles. The molecule has 0 aliphatic carbocycles. The zero-order valence-corrected chi connectivity index (χ0v) is 20.5. The molecule has 168 valence electrons. The van der Waals surface area contributed by atoms with Crippen LogP contribution in [0, 0.1) is 13.8 Å². The Hall–Kier alpha value is -2.48. The quantitative estimate of drug-likeness (QED) is 0.443. The number of nitrogens with zero attached hydrogens (tertiary/aromatic N) is 1. The molecule has 0 aromatic heterocycles. The fraction of sp³-hybridized carbons (Fsp3) is 0.208. The third kappa shape index (κ3) is 5.46. The van der Waals surface area contributed by atoms with Crippen molar-refractivity contribution in [3.63, 3.8) is 0 Å². The molecular formula is C24H25ClN2O3S2. The number of rotatable bonds is 8. The molecular weight excluding hydrogens is 464 g/mol. The van der Waals surface area contributed by atoms with Crippen LogP contribution < -0.4 is 9.62 Å². The third-order valence-electron chi connectivity index (χ3n) is 5.07. The molecule has 0 atom stereocenters. The molecule has 32 heavy (non-hydrogen) atoms. The molecule has 0 saturated heterocycles. The van der Waals surface area contributed by atoms with E-state index in [2.05, 4.69) is 5.32 Å². The lowest BCUT2D eigenvalue weighted by atomic mass is 10.2. The van der Waals surface area contributed by atoms with E-state index in [4.69, 9.17) is 11.6 Å². The second kappa shape index (κ2) is 10.4. The van der Waals surface area contributed by atoms with Crippen LogP contribution in [0.25, 0.3) is 0 Å². The normalized spacial score (nSPS) is 11.2. The standard InChI is InChI=1S/C24H25ClN2O3S2/c1-17-11-13-20(14-12-17)32(29,30)27(22-9-6-8-21(25)18(22)2)16-24(28)26-15-19-7-4-5-10-23(19)31-3/h4-14H,15-16H2,1-3H3,(H,26,28). The Balaban J connectivity index is 1.91. The SMILES string of the molecule is CSc1ccccc1CNC(=O)CN(c1cccc(Cl)c1C)S(=O)(=O)c1ccc(C)cc1. The summed E-state index contributed by atoms with van der Waals surface area (Å²) in [6.07, 6.45) is 1.97. The van der Waals surface area contributed by atoms with Crippen LogP contribution in [0.1, 0.15) is 16.7 Å². The molecule has 0 radical (unpaired) electrons. The van der Waals surface area contributed by atoms with Gasteiger partial charge in [-0.1, -0.05) is 53.6 Å². The maximum atomic E-state index is 13.5. The summed E-state index contributed by atoms with van der Waals surface area (Å²) in [6.45, 7) is 3.57. The minimum atomic E-state index is -3.99. The van der Waals surface area contributed by atoms with Gasteiger partial charge in [-0.05, 0) is 61.6 Å². The van der Waals surface area contributed by atoms with E-state index in [1.807, 2.05) is 37.4 Å². The predicted octanol–water partition coefficient (Wildman–Crippen LogP) is 5.19. The highest BCUT2D eigenvalue weighted by molar-refractivity contribution is 7.98. The van der Waals surface area contributed by atoms with Crippen molar-refractivity contribution in [1.82, 2.24) is 5.32 Å². The van der Waals surface area contributed by atoms with Crippen molar-refractivity contribution < 1.29 is 13.2 Å². The first-order valence-corrected chi connectivity index (χ1v) is 13.0. The number of carbonyl (C=O) groups is 1. The van der Waals surface area contributed by atoms with Crippen LogP contribution in [0.3, 0.4) is 0 Å². The Bertz CT molecular complexity index is 1210. The highest BCUT2D eigenvalue weighted by Crippen LogP contribution is 2.31. The number of sulfonamides is 1. The van der Waals surface area contributed by atoms with Crippen LogP contribution in [-0.2, 0) is 21.4 Å². The topological polar surface area (TPSA) is 66.5 Å². The van der Waals surface area contributed by atoms with Crippen LogP contribution in [-0.4, -0.2) is 27.1 Å². The van der Waals surface area contributed by atoms with Gasteiger partial charge in [0, 0.05) is 16.5 Å². The monoisotopic (exact) mass is 488 g/mol. The predicted molar refractivity (Wildman–Crippen MR) is 132 cm³/mol. The number of benzene rings is 3. The van der Waals surface area contributed by atoms with Crippen molar-refractivity contribution in [3.8, 4) is 0 Å². The summed E-state index contributed by atoms with van der Waals surface area (Å²) in [5, 5.41) is 3.28. The number of nitrogens with one attached hydrogen (secondary N) is 1. The first-order valence-electron chi connectivity index (χ1n) is 9.97. The van der Waals surface area contributed by atoms with E-state index in [0.717, 1.165) is 20.3 Å². The zero-order chi connectivity index (χ0) is 23.3. The van der Waals surface area contributed by atoms with Crippen molar-refractivity contribution in [2.24, 2.45) is 0 Å². The Morgan fingerprint density at radius 2 is 1.69 bits per heavy atom. The van der Waals surface area contributed by atoms with E-state index < -0.39 is 15.9 Å². The summed E-state index contributed by atoms with van der Waals surface area (Å²) in [5.41, 5.74) is 2.88. The molecule has 0 fully saturated rings. The van der Waals surface area contributed by atoms with Crippen LogP contribution >= 0.6 is 23.4 Å². The molecule has 3 aromatic rings. The minimum Gasteiger partial charge on any atom is -0.350 e. The average Bonchev–Trinajstić information content (AvgIpc) is 2.78. The molecule has 5 nitrogen and oxygen atoms in total. The van der Waals surface area contributed by atoms with Gasteiger partial charge in [0.2, 0.25) is 5.91 Å². The molecule has 3 aromatic carbocycles. The van der Waals surface area contributed by atoms with Gasteiger partial charge >= 0.3 is 0 Å². The summed E-state index contributed by atoms with van der Waals surface area (Å²) in [4.78, 5) is 14.0. The number of hydrogen-bond acceptors (Lipinski definition) is 4. The van der Waals surface area contributed by atoms with E-state index in [1.165, 1.54) is 0 Å². The van der Waals surface area contributed by atoms with E-state index in [0.29, 0.717) is 22.8 Å². The van der Waals surface area contributed by atoms with Crippen molar-refractivity contribution in [2.45, 2.75) is 30.2 Å². The lowest BCUT2D eigenvalue weighted by Gasteiger charge is -2.26. The molecule has 3 rings (SSSR count). The third-order valence-corrected chi connectivity index (χ3v) is 8.09. The number of hydrogen-bond donors (Lipinski definition) is 1. The average molecular weight is 489 g/mol. The van der Waals surface area contributed by atoms with Gasteiger partial charge in [0.15, 0.2) is 0 Å². The number of carbonyl (C=O) groups excluding carboxylic acids is 1. The maximum Gasteiger partial charge on any atom is 0.264 e. The fourth-order valence-electron chi connectivity index (χ4n) is 3.23. The number of aryl methyl sites for hydroxylation is 1. The first kappa shape index (κ1) is 24.2. The van der Waals surface area contributed by atoms with Crippen molar-refractivity contribution in [3.05, 3.63) is 88.4 Å². The van der Waals surface area contributed by atoms with Gasteiger partial charge in [-0.15, -0.1) is 11.8 Å². The lowest BCUT2D eigenvalue weighted by molar-refractivity contribution is -0.119.